The van der Waals surface area contributed by atoms with Gasteiger partial charge in [-0.3, -0.25) is 4.98 Å². The average Bonchev–Trinajstić information content (AvgIpc) is 2.70. The molecule has 1 aromatic carbocycles. The molecule has 1 aliphatic heterocycles. The summed E-state index contributed by atoms with van der Waals surface area (Å²) in [5.74, 6) is -2.24. The molecule has 1 aliphatic rings. The van der Waals surface area contributed by atoms with Crippen LogP contribution < -0.4 is 0 Å². The number of benzene rings is 1. The largest absolute Gasteiger partial charge is 0.454 e. The number of nitrogens with zero attached hydrogens (tertiary/aromatic N) is 2. The first kappa shape index (κ1) is 11.5. The van der Waals surface area contributed by atoms with Gasteiger partial charge in [-0.15, -0.1) is 0 Å². The summed E-state index contributed by atoms with van der Waals surface area (Å²) in [6, 6.07) is 1.92. The first-order chi connectivity index (χ1) is 10.7. The number of rotatable bonds is 2. The average molecular weight is 317 g/mol. The van der Waals surface area contributed by atoms with Crippen LogP contribution >= 0.6 is 11.6 Å². The Morgan fingerprint density at radius 3 is 2.90 bits per heavy atom. The number of cyclic esters (lactones) is 1. The molecule has 8 heteroatoms. The number of esters is 1. The Labute approximate surface area is 124 Å². The minimum absolute atomic E-state index is 0.367. The molecule has 0 spiro atoms. The van der Waals surface area contributed by atoms with Gasteiger partial charge < -0.3 is 4.74 Å². The molecule has 0 atom stereocenters. The fourth-order valence-corrected chi connectivity index (χ4v) is 2.03. The van der Waals surface area contributed by atoms with E-state index in [1.807, 2.05) is 0 Å². The third-order valence-corrected chi connectivity index (χ3v) is 3.12. The van der Waals surface area contributed by atoms with E-state index in [9.17, 15) is 18.0 Å². The van der Waals surface area contributed by atoms with Gasteiger partial charge in [0.1, 0.15) is 12.3 Å². The quantitative estimate of drug-likeness (QED) is 0.795. The lowest BCUT2D eigenvalue weighted by molar-refractivity contribution is 0.0529. The second kappa shape index (κ2) is 5.00. The van der Waals surface area contributed by atoms with Crippen molar-refractivity contribution >= 4 is 17.6 Å². The van der Waals surface area contributed by atoms with E-state index < -0.39 is 52.3 Å². The first-order valence-corrected chi connectivity index (χ1v) is 5.97. The monoisotopic (exact) mass is 316 g/mol. The Bertz CT molecular complexity index is 833. The molecular weight excluding hydrogens is 309 g/mol. The number of hydrogen-bond acceptors (Lipinski definition) is 4. The predicted molar refractivity (Wildman–Crippen MR) is 66.5 cm³/mol. The highest BCUT2D eigenvalue weighted by Gasteiger charge is 2.27. The van der Waals surface area contributed by atoms with Crippen molar-refractivity contribution in [1.29, 1.82) is 0 Å². The molecule has 4 nitrogen and oxygen atoms in total. The number of carbonyl (C=O) groups excluding carboxylic acids is 1. The van der Waals surface area contributed by atoms with Gasteiger partial charge in [0.05, 0.1) is 19.7 Å². The van der Waals surface area contributed by atoms with E-state index in [-0.39, 0.29) is 5.69 Å². The summed E-state index contributed by atoms with van der Waals surface area (Å²) in [7, 11) is 0. The lowest BCUT2D eigenvalue weighted by Crippen LogP contribution is -2.03. The zero-order chi connectivity index (χ0) is 16.9. The van der Waals surface area contributed by atoms with Gasteiger partial charge in [0.25, 0.3) is 6.43 Å². The van der Waals surface area contributed by atoms with E-state index in [2.05, 4.69) is 14.7 Å². The van der Waals surface area contributed by atoms with Crippen molar-refractivity contribution in [2.75, 3.05) is 0 Å². The number of fused-ring (bicyclic) bond motifs is 1. The van der Waals surface area contributed by atoms with Crippen molar-refractivity contribution in [3.05, 3.63) is 46.1 Å². The van der Waals surface area contributed by atoms with E-state index in [0.717, 1.165) is 18.3 Å². The molecule has 2 heterocycles. The maximum atomic E-state index is 14.2. The molecule has 108 valence electrons. The van der Waals surface area contributed by atoms with Crippen LogP contribution in [0.15, 0.2) is 18.3 Å². The number of halogens is 4. The Balaban J connectivity index is 2.24. The maximum absolute atomic E-state index is 14.2. The van der Waals surface area contributed by atoms with E-state index in [1.165, 1.54) is 0 Å². The topological polar surface area (TPSA) is 52.1 Å². The maximum Gasteiger partial charge on any atom is 0.359 e. The second-order valence-corrected chi connectivity index (χ2v) is 4.48. The zero-order valence-electron chi connectivity index (χ0n) is 12.0. The lowest BCUT2D eigenvalue weighted by atomic mass is 10.0. The van der Waals surface area contributed by atoms with Gasteiger partial charge >= 0.3 is 5.97 Å². The van der Waals surface area contributed by atoms with Gasteiger partial charge in [0.15, 0.2) is 11.5 Å². The minimum Gasteiger partial charge on any atom is -0.454 e. The number of alkyl halides is 2. The van der Waals surface area contributed by atoms with Crippen LogP contribution in [0.25, 0.3) is 11.3 Å². The van der Waals surface area contributed by atoms with Crippen molar-refractivity contribution in [2.45, 2.75) is 13.0 Å². The van der Waals surface area contributed by atoms with Crippen LogP contribution in [-0.4, -0.2) is 15.9 Å². The fourth-order valence-electron chi connectivity index (χ4n) is 1.88. The lowest BCUT2D eigenvalue weighted by Gasteiger charge is -2.10. The van der Waals surface area contributed by atoms with Crippen molar-refractivity contribution in [2.24, 2.45) is 0 Å². The van der Waals surface area contributed by atoms with Crippen LogP contribution in [0, 0.1) is 5.82 Å². The highest BCUT2D eigenvalue weighted by molar-refractivity contribution is 6.31. The molecule has 0 radical (unpaired) electrons. The summed E-state index contributed by atoms with van der Waals surface area (Å²) in [6.07, 6.45) is -2.12. The summed E-state index contributed by atoms with van der Waals surface area (Å²) < 4.78 is 59.7. The minimum atomic E-state index is -3.01. The molecule has 0 saturated heterocycles. The van der Waals surface area contributed by atoms with Crippen LogP contribution in [0.4, 0.5) is 13.2 Å². The van der Waals surface area contributed by atoms with Crippen molar-refractivity contribution in [3.63, 3.8) is 0 Å². The standard InChI is InChI=1S/C13H6ClF3N2O2/c14-6-2-1-5(12(16)17)9(10(6)15)7-3-18-8-4-21-13(20)11(8)19-7/h1-3,12H,4H2/i4D2. The molecule has 2 aromatic rings. The number of aromatic nitrogens is 2. The summed E-state index contributed by atoms with van der Waals surface area (Å²) in [5, 5.41) is -0.399. The van der Waals surface area contributed by atoms with Crippen LogP contribution in [0.2, 0.25) is 5.02 Å². The highest BCUT2D eigenvalue weighted by Crippen LogP contribution is 2.35. The molecule has 0 saturated carbocycles. The number of ether oxygens (including phenoxy) is 1. The Hall–Kier alpha value is -2.15. The van der Waals surface area contributed by atoms with E-state index in [1.54, 1.807) is 0 Å². The Kier molecular flexibility index (Phi) is 2.74. The van der Waals surface area contributed by atoms with Crippen LogP contribution in [0.5, 0.6) is 0 Å². The van der Waals surface area contributed by atoms with Gasteiger partial charge in [0.2, 0.25) is 0 Å². The van der Waals surface area contributed by atoms with Gasteiger partial charge in [-0.05, 0) is 6.07 Å². The van der Waals surface area contributed by atoms with Crippen LogP contribution in [0.3, 0.4) is 0 Å². The molecule has 0 amide bonds. The fraction of sp³-hybridized carbons (Fsp3) is 0.154. The molecular formula is C13H6ClF3N2O2. The molecule has 1 aromatic heterocycles. The SMILES string of the molecule is [2H]C1([2H])OC(=O)c2nc(-c3c(C(F)F)ccc(Cl)c3F)cnc21. The molecule has 0 fully saturated rings. The highest BCUT2D eigenvalue weighted by atomic mass is 35.5. The normalized spacial score (nSPS) is 17.3. The molecule has 3 rings (SSSR count). The molecule has 21 heavy (non-hydrogen) atoms. The summed E-state index contributed by atoms with van der Waals surface area (Å²) in [4.78, 5) is 19.0. The molecule has 0 unspecified atom stereocenters. The van der Waals surface area contributed by atoms with Gasteiger partial charge in [-0.1, -0.05) is 17.7 Å². The summed E-state index contributed by atoms with van der Waals surface area (Å²) in [6.45, 7) is -2.48. The van der Waals surface area contributed by atoms with Crippen molar-refractivity contribution in [3.8, 4) is 11.3 Å². The van der Waals surface area contributed by atoms with Gasteiger partial charge in [-0.25, -0.2) is 22.9 Å². The summed E-state index contributed by atoms with van der Waals surface area (Å²) in [5.41, 5.74) is -2.52. The first-order valence-electron chi connectivity index (χ1n) is 6.59. The number of hydrogen-bond donors (Lipinski definition) is 0. The van der Waals surface area contributed by atoms with E-state index in [0.29, 0.717) is 0 Å². The van der Waals surface area contributed by atoms with Crippen molar-refractivity contribution < 1.29 is 25.4 Å². The molecule has 0 bridgehead atoms. The van der Waals surface area contributed by atoms with E-state index in [4.69, 9.17) is 14.3 Å². The summed E-state index contributed by atoms with van der Waals surface area (Å²) >= 11 is 5.61. The third-order valence-electron chi connectivity index (χ3n) is 2.82. The van der Waals surface area contributed by atoms with Crippen LogP contribution in [0.1, 0.15) is 30.9 Å². The van der Waals surface area contributed by atoms with Crippen LogP contribution in [-0.2, 0) is 11.3 Å². The molecule has 0 N–H and O–H groups in total. The molecule has 0 aliphatic carbocycles. The van der Waals surface area contributed by atoms with Gasteiger partial charge in [-0.2, -0.15) is 0 Å². The Morgan fingerprint density at radius 1 is 1.43 bits per heavy atom. The zero-order valence-corrected chi connectivity index (χ0v) is 10.8. The van der Waals surface area contributed by atoms with Crippen molar-refractivity contribution in [1.82, 2.24) is 9.97 Å². The third kappa shape index (κ3) is 2.23. The predicted octanol–water partition coefficient (Wildman–Crippen LogP) is 3.54. The smallest absolute Gasteiger partial charge is 0.359 e. The Morgan fingerprint density at radius 2 is 2.19 bits per heavy atom. The number of carbonyl (C=O) groups is 1. The van der Waals surface area contributed by atoms with Gasteiger partial charge in [0, 0.05) is 11.1 Å². The second-order valence-electron chi connectivity index (χ2n) is 4.07. The van der Waals surface area contributed by atoms with E-state index >= 15 is 0 Å².